The molecule has 0 bridgehead atoms. The molecule has 22 heavy (non-hydrogen) atoms. The Labute approximate surface area is 132 Å². The summed E-state index contributed by atoms with van der Waals surface area (Å²) in [6, 6.07) is 8.78. The fourth-order valence-electron chi connectivity index (χ4n) is 2.39. The first-order valence-electron chi connectivity index (χ1n) is 7.79. The van der Waals surface area contributed by atoms with Gasteiger partial charge in [0.1, 0.15) is 6.04 Å². The number of amides is 2. The molecule has 0 aliphatic rings. The number of nitrogens with one attached hydrogen (secondary N) is 1. The van der Waals surface area contributed by atoms with E-state index in [4.69, 9.17) is 5.73 Å². The van der Waals surface area contributed by atoms with Gasteiger partial charge in [0.2, 0.25) is 5.91 Å². The Bertz CT molecular complexity index is 495. The minimum absolute atomic E-state index is 0.109. The summed E-state index contributed by atoms with van der Waals surface area (Å²) >= 11 is 0. The molecule has 0 heterocycles. The Morgan fingerprint density at radius 2 is 1.64 bits per heavy atom. The first-order valence-corrected chi connectivity index (χ1v) is 7.79. The van der Waals surface area contributed by atoms with Crippen molar-refractivity contribution in [3.05, 3.63) is 35.4 Å². The van der Waals surface area contributed by atoms with Gasteiger partial charge in [0.25, 0.3) is 5.91 Å². The van der Waals surface area contributed by atoms with Gasteiger partial charge in [0.05, 0.1) is 6.54 Å². The van der Waals surface area contributed by atoms with Crippen LogP contribution in [0.1, 0.15) is 50.8 Å². The molecule has 0 saturated heterocycles. The molecule has 5 N–H and O–H groups in total. The third-order valence-electron chi connectivity index (χ3n) is 3.72. The monoisotopic (exact) mass is 306 g/mol. The molecule has 1 aromatic carbocycles. The van der Waals surface area contributed by atoms with Gasteiger partial charge in [-0.2, -0.15) is 0 Å². The average Bonchev–Trinajstić information content (AvgIpc) is 2.45. The van der Waals surface area contributed by atoms with E-state index in [9.17, 15) is 9.59 Å². The molecule has 0 aliphatic heterocycles. The third kappa shape index (κ3) is 5.85. The zero-order chi connectivity index (χ0) is 16.7. The lowest BCUT2D eigenvalue weighted by atomic mass is 9.93. The second-order valence-corrected chi connectivity index (χ2v) is 6.27. The van der Waals surface area contributed by atoms with Gasteiger partial charge < -0.3 is 16.4 Å². The van der Waals surface area contributed by atoms with Gasteiger partial charge >= 0.3 is 0 Å². The number of carbonyl (C=O) groups is 2. The SMILES string of the molecule is CC(C)c1ccc([C@H]([NH2+]CC(=O)NCC(N)=O)C(C)C)cc1. The van der Waals surface area contributed by atoms with Gasteiger partial charge in [-0.05, 0) is 11.5 Å². The zero-order valence-corrected chi connectivity index (χ0v) is 13.9. The van der Waals surface area contributed by atoms with Crippen LogP contribution in [0.5, 0.6) is 0 Å². The molecule has 0 spiro atoms. The Hall–Kier alpha value is -1.88. The van der Waals surface area contributed by atoms with E-state index in [-0.39, 0.29) is 25.0 Å². The van der Waals surface area contributed by atoms with Crippen molar-refractivity contribution in [3.8, 4) is 0 Å². The highest BCUT2D eigenvalue weighted by Gasteiger charge is 2.20. The summed E-state index contributed by atoms with van der Waals surface area (Å²) in [5.74, 6) is 0.199. The van der Waals surface area contributed by atoms with E-state index < -0.39 is 5.91 Å². The van der Waals surface area contributed by atoms with Crippen molar-refractivity contribution in [3.63, 3.8) is 0 Å². The molecular weight excluding hydrogens is 278 g/mol. The molecule has 0 radical (unpaired) electrons. The maximum Gasteiger partial charge on any atom is 0.275 e. The molecule has 0 fully saturated rings. The van der Waals surface area contributed by atoms with Crippen LogP contribution in [0.4, 0.5) is 0 Å². The lowest BCUT2D eigenvalue weighted by Gasteiger charge is -2.20. The fraction of sp³-hybridized carbons (Fsp3) is 0.529. The number of hydrogen-bond acceptors (Lipinski definition) is 2. The molecule has 122 valence electrons. The maximum atomic E-state index is 11.7. The van der Waals surface area contributed by atoms with Crippen LogP contribution < -0.4 is 16.4 Å². The third-order valence-corrected chi connectivity index (χ3v) is 3.72. The van der Waals surface area contributed by atoms with Crippen LogP contribution >= 0.6 is 0 Å². The minimum Gasteiger partial charge on any atom is -0.368 e. The topological polar surface area (TPSA) is 88.8 Å². The van der Waals surface area contributed by atoms with Gasteiger partial charge in [-0.25, -0.2) is 0 Å². The number of rotatable bonds is 8. The Morgan fingerprint density at radius 3 is 2.09 bits per heavy atom. The quantitative estimate of drug-likeness (QED) is 0.659. The standard InChI is InChI=1S/C17H27N3O2/c1-11(2)13-5-7-14(8-6-13)17(12(3)4)20-10-16(22)19-9-15(18)21/h5-8,11-12,17,20H,9-10H2,1-4H3,(H2,18,21)(H,19,22)/p+1/t17-/m1/s1. The summed E-state index contributed by atoms with van der Waals surface area (Å²) in [6.45, 7) is 8.79. The highest BCUT2D eigenvalue weighted by Crippen LogP contribution is 2.21. The summed E-state index contributed by atoms with van der Waals surface area (Å²) in [6.07, 6.45) is 0. The van der Waals surface area contributed by atoms with Crippen molar-refractivity contribution in [2.24, 2.45) is 11.7 Å². The molecule has 5 heteroatoms. The van der Waals surface area contributed by atoms with E-state index in [1.54, 1.807) is 0 Å². The highest BCUT2D eigenvalue weighted by atomic mass is 16.2. The largest absolute Gasteiger partial charge is 0.368 e. The molecule has 0 aliphatic carbocycles. The van der Waals surface area contributed by atoms with Crippen molar-refractivity contribution >= 4 is 11.8 Å². The highest BCUT2D eigenvalue weighted by molar-refractivity contribution is 5.83. The molecule has 0 saturated carbocycles. The van der Waals surface area contributed by atoms with Crippen LogP contribution in [0.2, 0.25) is 0 Å². The normalized spacial score (nSPS) is 12.5. The zero-order valence-electron chi connectivity index (χ0n) is 13.9. The van der Waals surface area contributed by atoms with Crippen LogP contribution in [-0.4, -0.2) is 24.9 Å². The van der Waals surface area contributed by atoms with Crippen molar-refractivity contribution in [2.75, 3.05) is 13.1 Å². The van der Waals surface area contributed by atoms with Crippen molar-refractivity contribution in [1.29, 1.82) is 0 Å². The molecule has 0 unspecified atom stereocenters. The molecule has 0 aromatic heterocycles. The van der Waals surface area contributed by atoms with Gasteiger partial charge in [0.15, 0.2) is 6.54 Å². The smallest absolute Gasteiger partial charge is 0.275 e. The molecule has 1 rings (SSSR count). The van der Waals surface area contributed by atoms with Crippen molar-refractivity contribution < 1.29 is 14.9 Å². The molecule has 5 nitrogen and oxygen atoms in total. The van der Waals surface area contributed by atoms with Gasteiger partial charge in [-0.15, -0.1) is 0 Å². The number of carbonyl (C=O) groups excluding carboxylic acids is 2. The van der Waals surface area contributed by atoms with E-state index in [1.165, 1.54) is 11.1 Å². The van der Waals surface area contributed by atoms with Gasteiger partial charge in [-0.1, -0.05) is 52.0 Å². The summed E-state index contributed by atoms with van der Waals surface area (Å²) in [4.78, 5) is 22.4. The summed E-state index contributed by atoms with van der Waals surface area (Å²) in [5.41, 5.74) is 7.53. The predicted molar refractivity (Wildman–Crippen MR) is 87.1 cm³/mol. The Morgan fingerprint density at radius 1 is 1.09 bits per heavy atom. The molecule has 1 atom stereocenters. The van der Waals surface area contributed by atoms with E-state index in [0.29, 0.717) is 11.8 Å². The lowest BCUT2D eigenvalue weighted by Crippen LogP contribution is -2.88. The molecule has 2 amide bonds. The van der Waals surface area contributed by atoms with Crippen molar-refractivity contribution in [2.45, 2.75) is 39.7 Å². The van der Waals surface area contributed by atoms with E-state index >= 15 is 0 Å². The van der Waals surface area contributed by atoms with E-state index in [0.717, 1.165) is 0 Å². The van der Waals surface area contributed by atoms with Crippen LogP contribution in [0.25, 0.3) is 0 Å². The number of benzene rings is 1. The number of nitrogens with two attached hydrogens (primary N) is 2. The van der Waals surface area contributed by atoms with Crippen LogP contribution in [0.15, 0.2) is 24.3 Å². The van der Waals surface area contributed by atoms with E-state index in [1.807, 2.05) is 5.32 Å². The second kappa shape index (κ2) is 8.54. The fourth-order valence-corrected chi connectivity index (χ4v) is 2.39. The summed E-state index contributed by atoms with van der Waals surface area (Å²) in [7, 11) is 0. The van der Waals surface area contributed by atoms with Crippen LogP contribution in [0, 0.1) is 5.92 Å². The number of quaternary nitrogens is 1. The van der Waals surface area contributed by atoms with Gasteiger partial charge in [-0.3, -0.25) is 9.59 Å². The Kier molecular flexibility index (Phi) is 7.05. The predicted octanol–water partition coefficient (Wildman–Crippen LogP) is 0.672. The summed E-state index contributed by atoms with van der Waals surface area (Å²) < 4.78 is 0. The maximum absolute atomic E-state index is 11.7. The minimum atomic E-state index is -0.530. The lowest BCUT2D eigenvalue weighted by molar-refractivity contribution is -0.692. The van der Waals surface area contributed by atoms with Crippen LogP contribution in [-0.2, 0) is 9.59 Å². The molecular formula is C17H28N3O2+. The second-order valence-electron chi connectivity index (χ2n) is 6.27. The first kappa shape index (κ1) is 18.2. The first-order chi connectivity index (χ1) is 10.3. The van der Waals surface area contributed by atoms with Crippen molar-refractivity contribution in [1.82, 2.24) is 5.32 Å². The molecule has 1 aromatic rings. The number of hydrogen-bond donors (Lipinski definition) is 3. The summed E-state index contributed by atoms with van der Waals surface area (Å²) in [5, 5.41) is 4.51. The van der Waals surface area contributed by atoms with Crippen LogP contribution in [0.3, 0.4) is 0 Å². The van der Waals surface area contributed by atoms with E-state index in [2.05, 4.69) is 57.3 Å². The average molecular weight is 306 g/mol. The number of primary amides is 1. The van der Waals surface area contributed by atoms with Gasteiger partial charge in [0, 0.05) is 11.5 Å². The Balaban J connectivity index is 2.65.